The van der Waals surface area contributed by atoms with Gasteiger partial charge in [0.1, 0.15) is 5.75 Å². The number of benzene rings is 2. The summed E-state index contributed by atoms with van der Waals surface area (Å²) in [5.41, 5.74) is 5.33. The monoisotopic (exact) mass is 363 g/mol. The molecule has 0 saturated carbocycles. The van der Waals surface area contributed by atoms with Crippen molar-refractivity contribution in [2.75, 3.05) is 5.43 Å². The molecule has 1 aromatic heterocycles. The van der Waals surface area contributed by atoms with Gasteiger partial charge in [-0.1, -0.05) is 23.2 Å². The Bertz CT molecular complexity index is 847. The minimum absolute atomic E-state index is 0.222. The Morgan fingerprint density at radius 3 is 2.65 bits per heavy atom. The molecule has 3 rings (SSSR count). The molecule has 7 heteroatoms. The first-order valence-corrected chi connectivity index (χ1v) is 8.24. The number of phenols is 1. The molecule has 116 valence electrons. The van der Waals surface area contributed by atoms with Gasteiger partial charge in [-0.3, -0.25) is 5.43 Å². The Hall–Kier alpha value is -2.08. The summed E-state index contributed by atoms with van der Waals surface area (Å²) in [5, 5.41) is 17.0. The number of hydrazone groups is 1. The maximum atomic E-state index is 9.22. The fourth-order valence-electron chi connectivity index (χ4n) is 1.87. The lowest BCUT2D eigenvalue weighted by molar-refractivity contribution is 0.475. The van der Waals surface area contributed by atoms with Crippen LogP contribution in [0, 0.1) is 0 Å². The molecule has 1 heterocycles. The van der Waals surface area contributed by atoms with E-state index in [-0.39, 0.29) is 5.75 Å². The highest BCUT2D eigenvalue weighted by Crippen LogP contribution is 2.32. The molecule has 0 saturated heterocycles. The Labute approximate surface area is 147 Å². The van der Waals surface area contributed by atoms with Gasteiger partial charge >= 0.3 is 0 Å². The first kappa shape index (κ1) is 15.8. The predicted octanol–water partition coefficient (Wildman–Crippen LogP) is 5.27. The van der Waals surface area contributed by atoms with Crippen LogP contribution in [0.1, 0.15) is 5.56 Å². The Morgan fingerprint density at radius 1 is 1.13 bits per heavy atom. The van der Waals surface area contributed by atoms with Crippen molar-refractivity contribution in [3.05, 3.63) is 63.5 Å². The van der Waals surface area contributed by atoms with E-state index in [1.165, 1.54) is 11.3 Å². The van der Waals surface area contributed by atoms with E-state index < -0.39 is 0 Å². The number of rotatable bonds is 4. The van der Waals surface area contributed by atoms with Gasteiger partial charge in [-0.2, -0.15) is 5.10 Å². The number of phenolic OH excluding ortho intramolecular Hbond substituents is 1. The maximum absolute atomic E-state index is 9.22. The lowest BCUT2D eigenvalue weighted by Crippen LogP contribution is -1.90. The van der Waals surface area contributed by atoms with Crippen molar-refractivity contribution in [1.29, 1.82) is 0 Å². The molecule has 3 aromatic rings. The maximum Gasteiger partial charge on any atom is 0.203 e. The van der Waals surface area contributed by atoms with Gasteiger partial charge < -0.3 is 5.11 Å². The summed E-state index contributed by atoms with van der Waals surface area (Å²) in [6.07, 6.45) is 1.65. The number of thiazole rings is 1. The second kappa shape index (κ2) is 7.00. The van der Waals surface area contributed by atoms with E-state index in [1.54, 1.807) is 42.6 Å². The molecule has 0 fully saturated rings. The normalized spacial score (nSPS) is 11.0. The molecule has 2 aromatic carbocycles. The van der Waals surface area contributed by atoms with E-state index in [0.29, 0.717) is 15.2 Å². The van der Waals surface area contributed by atoms with Crippen LogP contribution in [-0.4, -0.2) is 16.3 Å². The highest BCUT2D eigenvalue weighted by atomic mass is 35.5. The number of aromatic nitrogens is 1. The zero-order valence-electron chi connectivity index (χ0n) is 11.7. The third kappa shape index (κ3) is 4.01. The standard InChI is InChI=1S/C16H11Cl2N3OS/c17-11-3-6-13(14(18)7-11)15-9-23-16(20-15)21-19-8-10-1-4-12(22)5-2-10/h1-9,22H,(H,20,21). The zero-order chi connectivity index (χ0) is 16.2. The van der Waals surface area contributed by atoms with Crippen LogP contribution < -0.4 is 5.43 Å². The van der Waals surface area contributed by atoms with E-state index >= 15 is 0 Å². The van der Waals surface area contributed by atoms with Gasteiger partial charge in [0.05, 0.1) is 16.9 Å². The quantitative estimate of drug-likeness (QED) is 0.490. The molecule has 23 heavy (non-hydrogen) atoms. The summed E-state index contributed by atoms with van der Waals surface area (Å²) >= 11 is 13.5. The van der Waals surface area contributed by atoms with Gasteiger partial charge in [-0.25, -0.2) is 4.98 Å². The van der Waals surface area contributed by atoms with Crippen LogP contribution in [0.3, 0.4) is 0 Å². The molecule has 0 atom stereocenters. The van der Waals surface area contributed by atoms with Crippen LogP contribution in [0.25, 0.3) is 11.3 Å². The Kier molecular flexibility index (Phi) is 4.81. The SMILES string of the molecule is Oc1ccc(C=NNc2nc(-c3ccc(Cl)cc3Cl)cs2)cc1. The van der Waals surface area contributed by atoms with Gasteiger partial charge in [0.25, 0.3) is 0 Å². The number of hydrogen-bond acceptors (Lipinski definition) is 5. The zero-order valence-corrected chi connectivity index (χ0v) is 14.0. The van der Waals surface area contributed by atoms with Crippen molar-refractivity contribution in [1.82, 2.24) is 4.98 Å². The van der Waals surface area contributed by atoms with Gasteiger partial charge in [0.15, 0.2) is 0 Å². The van der Waals surface area contributed by atoms with Gasteiger partial charge in [0, 0.05) is 16.0 Å². The van der Waals surface area contributed by atoms with Crippen molar-refractivity contribution in [2.45, 2.75) is 0 Å². The summed E-state index contributed by atoms with van der Waals surface area (Å²) in [7, 11) is 0. The van der Waals surface area contributed by atoms with Crippen molar-refractivity contribution in [3.8, 4) is 17.0 Å². The van der Waals surface area contributed by atoms with Crippen molar-refractivity contribution < 1.29 is 5.11 Å². The van der Waals surface area contributed by atoms with Gasteiger partial charge in [0.2, 0.25) is 5.13 Å². The van der Waals surface area contributed by atoms with Crippen LogP contribution in [-0.2, 0) is 0 Å². The Morgan fingerprint density at radius 2 is 1.91 bits per heavy atom. The third-order valence-corrected chi connectivity index (χ3v) is 4.27. The lowest BCUT2D eigenvalue weighted by Gasteiger charge is -2.00. The van der Waals surface area contributed by atoms with Gasteiger partial charge in [-0.15, -0.1) is 11.3 Å². The predicted molar refractivity (Wildman–Crippen MR) is 96.9 cm³/mol. The number of anilines is 1. The topological polar surface area (TPSA) is 57.5 Å². The van der Waals surface area contributed by atoms with Crippen LogP contribution in [0.5, 0.6) is 5.75 Å². The molecule has 0 spiro atoms. The fourth-order valence-corrected chi connectivity index (χ4v) is 3.03. The summed E-state index contributed by atoms with van der Waals surface area (Å²) in [6.45, 7) is 0. The second-order valence-corrected chi connectivity index (χ2v) is 6.33. The highest BCUT2D eigenvalue weighted by molar-refractivity contribution is 7.14. The number of aromatic hydroxyl groups is 1. The molecule has 0 aliphatic carbocycles. The van der Waals surface area contributed by atoms with Crippen LogP contribution >= 0.6 is 34.5 Å². The molecule has 0 unspecified atom stereocenters. The van der Waals surface area contributed by atoms with E-state index in [4.69, 9.17) is 23.2 Å². The molecule has 2 N–H and O–H groups in total. The first-order chi connectivity index (χ1) is 11.1. The fraction of sp³-hybridized carbons (Fsp3) is 0. The number of nitrogens with zero attached hydrogens (tertiary/aromatic N) is 2. The Balaban J connectivity index is 1.71. The smallest absolute Gasteiger partial charge is 0.203 e. The van der Waals surface area contributed by atoms with Crippen molar-refractivity contribution >= 4 is 45.9 Å². The third-order valence-electron chi connectivity index (χ3n) is 2.98. The van der Waals surface area contributed by atoms with Crippen LogP contribution in [0.2, 0.25) is 10.0 Å². The molecular weight excluding hydrogens is 353 g/mol. The molecular formula is C16H11Cl2N3OS. The van der Waals surface area contributed by atoms with Gasteiger partial charge in [-0.05, 0) is 48.0 Å². The molecule has 0 aliphatic heterocycles. The number of halogens is 2. The minimum atomic E-state index is 0.222. The average molecular weight is 364 g/mol. The van der Waals surface area contributed by atoms with E-state index in [1.807, 2.05) is 11.4 Å². The summed E-state index contributed by atoms with van der Waals surface area (Å²) in [5.74, 6) is 0.222. The van der Waals surface area contributed by atoms with Crippen molar-refractivity contribution in [2.24, 2.45) is 5.10 Å². The van der Waals surface area contributed by atoms with Crippen LogP contribution in [0.15, 0.2) is 52.9 Å². The van der Waals surface area contributed by atoms with E-state index in [9.17, 15) is 5.11 Å². The highest BCUT2D eigenvalue weighted by Gasteiger charge is 2.08. The minimum Gasteiger partial charge on any atom is -0.508 e. The summed E-state index contributed by atoms with van der Waals surface area (Å²) in [4.78, 5) is 4.44. The summed E-state index contributed by atoms with van der Waals surface area (Å²) < 4.78 is 0. The average Bonchev–Trinajstić information content (AvgIpc) is 2.98. The molecule has 0 aliphatic rings. The molecule has 0 bridgehead atoms. The largest absolute Gasteiger partial charge is 0.508 e. The van der Waals surface area contributed by atoms with Crippen molar-refractivity contribution in [3.63, 3.8) is 0 Å². The lowest BCUT2D eigenvalue weighted by atomic mass is 10.2. The van der Waals surface area contributed by atoms with E-state index in [2.05, 4.69) is 15.5 Å². The molecule has 0 amide bonds. The number of hydrogen-bond donors (Lipinski definition) is 2. The number of nitrogens with one attached hydrogen (secondary N) is 1. The second-order valence-electron chi connectivity index (χ2n) is 4.62. The molecule has 4 nitrogen and oxygen atoms in total. The van der Waals surface area contributed by atoms with Crippen LogP contribution in [0.4, 0.5) is 5.13 Å². The first-order valence-electron chi connectivity index (χ1n) is 6.61. The van der Waals surface area contributed by atoms with E-state index in [0.717, 1.165) is 16.8 Å². The molecule has 0 radical (unpaired) electrons. The summed E-state index contributed by atoms with van der Waals surface area (Å²) in [6, 6.07) is 12.0.